The first-order valence-corrected chi connectivity index (χ1v) is 9.16. The first-order valence-electron chi connectivity index (χ1n) is 8.37. The van der Waals surface area contributed by atoms with Crippen LogP contribution in [0.3, 0.4) is 0 Å². The van der Waals surface area contributed by atoms with Crippen LogP contribution in [0.4, 0.5) is 0 Å². The number of fused-ring (bicyclic) bond motifs is 2. The molecule has 0 aliphatic carbocycles. The van der Waals surface area contributed by atoms with Crippen LogP contribution in [0.25, 0.3) is 33.1 Å². The van der Waals surface area contributed by atoms with Crippen molar-refractivity contribution in [2.45, 2.75) is 19.8 Å². The van der Waals surface area contributed by atoms with Gasteiger partial charge in [0.15, 0.2) is 0 Å². The van der Waals surface area contributed by atoms with Crippen molar-refractivity contribution in [1.29, 1.82) is 0 Å². The lowest BCUT2D eigenvalue weighted by atomic mass is 9.99. The molecule has 2 heterocycles. The number of hydrogen-bond donors (Lipinski definition) is 0. The third-order valence-electron chi connectivity index (χ3n) is 4.72. The maximum absolute atomic E-state index is 12.2. The Morgan fingerprint density at radius 1 is 1.11 bits per heavy atom. The predicted molar refractivity (Wildman–Crippen MR) is 103 cm³/mol. The smallest absolute Gasteiger partial charge is 0.339 e. The molecule has 5 nitrogen and oxygen atoms in total. The number of carbonyl (C=O) groups excluding carboxylic acids is 1. The summed E-state index contributed by atoms with van der Waals surface area (Å²) < 4.78 is 12.1. The Labute approximate surface area is 162 Å². The summed E-state index contributed by atoms with van der Waals surface area (Å²) in [6.07, 6.45) is 1.53. The van der Waals surface area contributed by atoms with Crippen molar-refractivity contribution in [1.82, 2.24) is 0 Å². The lowest BCUT2D eigenvalue weighted by Gasteiger charge is -2.08. The molecule has 136 valence electrons. The van der Waals surface area contributed by atoms with Crippen LogP contribution in [0, 0.1) is 6.92 Å². The van der Waals surface area contributed by atoms with Gasteiger partial charge in [-0.1, -0.05) is 28.1 Å². The Hall–Kier alpha value is -2.86. The Bertz CT molecular complexity index is 1230. The molecule has 6 heteroatoms. The normalized spacial score (nSPS) is 11.3. The SMILES string of the molecule is Cc1c(CCC(=O)[O-])c(=O)oc2cc3occ(-c4ccc(Br)cc4)c3cc12. The molecule has 0 saturated heterocycles. The van der Waals surface area contributed by atoms with Crippen LogP contribution in [0.15, 0.2) is 60.8 Å². The van der Waals surface area contributed by atoms with Crippen LogP contribution in [-0.4, -0.2) is 5.97 Å². The summed E-state index contributed by atoms with van der Waals surface area (Å²) in [5.74, 6) is -1.20. The molecule has 0 spiro atoms. The topological polar surface area (TPSA) is 83.5 Å². The first-order chi connectivity index (χ1) is 12.9. The second-order valence-corrected chi connectivity index (χ2v) is 7.28. The quantitative estimate of drug-likeness (QED) is 0.462. The van der Waals surface area contributed by atoms with Crippen LogP contribution in [0.2, 0.25) is 0 Å². The maximum Gasteiger partial charge on any atom is 0.339 e. The minimum absolute atomic E-state index is 0.0788. The Balaban J connectivity index is 1.92. The Morgan fingerprint density at radius 2 is 1.85 bits per heavy atom. The number of aliphatic carboxylic acids is 1. The van der Waals surface area contributed by atoms with E-state index in [1.165, 1.54) is 0 Å². The molecule has 0 radical (unpaired) electrons. The average Bonchev–Trinajstić information content (AvgIpc) is 3.03. The monoisotopic (exact) mass is 425 g/mol. The van der Waals surface area contributed by atoms with Crippen LogP contribution in [0.5, 0.6) is 0 Å². The van der Waals surface area contributed by atoms with Crippen molar-refractivity contribution >= 4 is 43.8 Å². The van der Waals surface area contributed by atoms with Crippen molar-refractivity contribution in [2.24, 2.45) is 0 Å². The summed E-state index contributed by atoms with van der Waals surface area (Å²) in [5, 5.41) is 12.4. The molecule has 0 aliphatic heterocycles. The lowest BCUT2D eigenvalue weighted by Crippen LogP contribution is -2.24. The molecular weight excluding hydrogens is 412 g/mol. The molecular formula is C21H14BrO5-. The van der Waals surface area contributed by atoms with Gasteiger partial charge in [-0.15, -0.1) is 0 Å². The predicted octanol–water partition coefficient (Wildman–Crippen LogP) is 3.96. The molecule has 2 aromatic heterocycles. The van der Waals surface area contributed by atoms with Crippen molar-refractivity contribution in [3.8, 4) is 11.1 Å². The molecule has 2 aromatic carbocycles. The second kappa shape index (κ2) is 6.70. The highest BCUT2D eigenvalue weighted by Gasteiger charge is 2.15. The van der Waals surface area contributed by atoms with E-state index in [1.807, 2.05) is 30.3 Å². The zero-order valence-corrected chi connectivity index (χ0v) is 16.0. The number of carboxylic acid groups (broad SMARTS) is 1. The van der Waals surface area contributed by atoms with E-state index in [0.29, 0.717) is 22.3 Å². The summed E-state index contributed by atoms with van der Waals surface area (Å²) >= 11 is 3.43. The van der Waals surface area contributed by atoms with E-state index in [0.717, 1.165) is 26.4 Å². The number of carbonyl (C=O) groups is 1. The third kappa shape index (κ3) is 3.17. The number of carboxylic acids is 1. The maximum atomic E-state index is 12.2. The zero-order valence-electron chi connectivity index (χ0n) is 14.4. The van der Waals surface area contributed by atoms with Gasteiger partial charge in [0.2, 0.25) is 0 Å². The number of aryl methyl sites for hydroxylation is 1. The van der Waals surface area contributed by atoms with E-state index in [-0.39, 0.29) is 12.8 Å². The Kier molecular flexibility index (Phi) is 4.36. The van der Waals surface area contributed by atoms with Gasteiger partial charge in [-0.3, -0.25) is 0 Å². The third-order valence-corrected chi connectivity index (χ3v) is 5.24. The highest BCUT2D eigenvalue weighted by molar-refractivity contribution is 9.10. The van der Waals surface area contributed by atoms with Gasteiger partial charge >= 0.3 is 5.63 Å². The summed E-state index contributed by atoms with van der Waals surface area (Å²) in [4.78, 5) is 23.0. The molecule has 0 saturated carbocycles. The van der Waals surface area contributed by atoms with Crippen molar-refractivity contribution in [2.75, 3.05) is 0 Å². The fourth-order valence-corrected chi connectivity index (χ4v) is 3.54. The molecule has 0 aliphatic rings. The number of halogens is 1. The molecule has 4 rings (SSSR count). The second-order valence-electron chi connectivity index (χ2n) is 6.37. The van der Waals surface area contributed by atoms with Crippen molar-refractivity contribution in [3.63, 3.8) is 0 Å². The standard InChI is InChI=1S/C21H15BrO5/c1-11-14(6-7-20(23)24)21(25)27-19-9-18-16(8-15(11)19)17(10-26-18)12-2-4-13(22)5-3-12/h2-5,8-10H,6-7H2,1H3,(H,23,24)/p-1. The number of benzene rings is 2. The van der Waals surface area contributed by atoms with Gasteiger partial charge < -0.3 is 18.7 Å². The highest BCUT2D eigenvalue weighted by Crippen LogP contribution is 2.35. The van der Waals surface area contributed by atoms with Gasteiger partial charge in [-0.2, -0.15) is 0 Å². The van der Waals surface area contributed by atoms with E-state index in [4.69, 9.17) is 8.83 Å². The minimum atomic E-state index is -1.20. The molecule has 0 atom stereocenters. The van der Waals surface area contributed by atoms with E-state index in [9.17, 15) is 14.7 Å². The van der Waals surface area contributed by atoms with Crippen LogP contribution in [0.1, 0.15) is 17.5 Å². The molecule has 27 heavy (non-hydrogen) atoms. The summed E-state index contributed by atoms with van der Waals surface area (Å²) in [6, 6.07) is 11.5. The first kappa shape index (κ1) is 17.5. The van der Waals surface area contributed by atoms with Gasteiger partial charge in [0.1, 0.15) is 11.2 Å². The van der Waals surface area contributed by atoms with Crippen LogP contribution in [-0.2, 0) is 11.2 Å². The summed E-state index contributed by atoms with van der Waals surface area (Å²) in [5.41, 5.74) is 3.52. The van der Waals surface area contributed by atoms with Gasteiger partial charge in [-0.05, 0) is 49.1 Å². The van der Waals surface area contributed by atoms with Gasteiger partial charge in [0.05, 0.1) is 6.26 Å². The molecule has 4 aromatic rings. The number of furan rings is 1. The Morgan fingerprint density at radius 3 is 2.56 bits per heavy atom. The van der Waals surface area contributed by atoms with E-state index < -0.39 is 11.6 Å². The summed E-state index contributed by atoms with van der Waals surface area (Å²) in [7, 11) is 0. The van der Waals surface area contributed by atoms with Gasteiger partial charge in [0.25, 0.3) is 0 Å². The molecule has 0 bridgehead atoms. The van der Waals surface area contributed by atoms with E-state index in [2.05, 4.69) is 15.9 Å². The average molecular weight is 426 g/mol. The molecule has 0 fully saturated rings. The van der Waals surface area contributed by atoms with E-state index in [1.54, 1.807) is 19.3 Å². The summed E-state index contributed by atoms with van der Waals surface area (Å²) in [6.45, 7) is 1.80. The lowest BCUT2D eigenvalue weighted by molar-refractivity contribution is -0.305. The largest absolute Gasteiger partial charge is 0.550 e. The fraction of sp³-hybridized carbons (Fsp3) is 0.143. The number of hydrogen-bond acceptors (Lipinski definition) is 5. The molecule has 0 unspecified atom stereocenters. The van der Waals surface area contributed by atoms with E-state index >= 15 is 0 Å². The van der Waals surface area contributed by atoms with Gasteiger partial charge in [-0.25, -0.2) is 4.79 Å². The minimum Gasteiger partial charge on any atom is -0.550 e. The van der Waals surface area contributed by atoms with Crippen molar-refractivity contribution < 1.29 is 18.7 Å². The van der Waals surface area contributed by atoms with Gasteiger partial charge in [0, 0.05) is 38.4 Å². The van der Waals surface area contributed by atoms with Crippen molar-refractivity contribution in [3.05, 3.63) is 68.7 Å². The van der Waals surface area contributed by atoms with Crippen LogP contribution < -0.4 is 10.7 Å². The molecule has 0 N–H and O–H groups in total. The fourth-order valence-electron chi connectivity index (χ4n) is 3.28. The zero-order chi connectivity index (χ0) is 19.1. The number of rotatable bonds is 4. The highest BCUT2D eigenvalue weighted by atomic mass is 79.9. The van der Waals surface area contributed by atoms with Crippen LogP contribution >= 0.6 is 15.9 Å². The molecule has 0 amide bonds.